The number of aromatic amines is 1. The third-order valence-electron chi connectivity index (χ3n) is 8.06. The van der Waals surface area contributed by atoms with Gasteiger partial charge in [0.15, 0.2) is 0 Å². The number of nitrogens with one attached hydrogen (secondary N) is 1. The van der Waals surface area contributed by atoms with Crippen LogP contribution in [0.15, 0.2) is 30.5 Å². The van der Waals surface area contributed by atoms with E-state index >= 15 is 0 Å². The zero-order chi connectivity index (χ0) is 23.4. The molecule has 4 bridgehead atoms. The third kappa shape index (κ3) is 3.78. The molecule has 4 fully saturated rings. The molecule has 0 spiro atoms. The number of hydrogen-bond acceptors (Lipinski definition) is 6. The summed E-state index contributed by atoms with van der Waals surface area (Å²) in [5, 5.41) is 1.34. The Morgan fingerprint density at radius 2 is 1.62 bits per heavy atom. The van der Waals surface area contributed by atoms with E-state index < -0.39 is 0 Å². The van der Waals surface area contributed by atoms with Crippen LogP contribution in [0.5, 0.6) is 0 Å². The summed E-state index contributed by atoms with van der Waals surface area (Å²) in [6.45, 7) is 13.6. The molecule has 1 aromatic carbocycles. The summed E-state index contributed by atoms with van der Waals surface area (Å²) < 4.78 is 0. The number of nitrogens with zero attached hydrogens (tertiary/aromatic N) is 6. The van der Waals surface area contributed by atoms with Gasteiger partial charge in [-0.3, -0.25) is 29.3 Å². The van der Waals surface area contributed by atoms with E-state index in [1.54, 1.807) is 0 Å². The van der Waals surface area contributed by atoms with Crippen LogP contribution in [0.1, 0.15) is 25.0 Å². The van der Waals surface area contributed by atoms with Gasteiger partial charge in [0.2, 0.25) is 5.91 Å². The number of carbonyl (C=O) groups is 1. The molecule has 1 N–H and O–H groups in total. The summed E-state index contributed by atoms with van der Waals surface area (Å²) in [5.74, 6) is 0.210. The molecule has 34 heavy (non-hydrogen) atoms. The van der Waals surface area contributed by atoms with Gasteiger partial charge < -0.3 is 9.88 Å². The molecule has 5 aliphatic heterocycles. The van der Waals surface area contributed by atoms with E-state index in [0.717, 1.165) is 26.1 Å². The van der Waals surface area contributed by atoms with Crippen molar-refractivity contribution in [3.05, 3.63) is 41.6 Å². The van der Waals surface area contributed by atoms with Gasteiger partial charge >= 0.3 is 0 Å². The van der Waals surface area contributed by atoms with E-state index in [1.165, 1.54) is 67.6 Å². The maximum atomic E-state index is 12.9. The van der Waals surface area contributed by atoms with Gasteiger partial charge in [-0.05, 0) is 50.1 Å². The van der Waals surface area contributed by atoms with Gasteiger partial charge in [0, 0.05) is 42.8 Å². The van der Waals surface area contributed by atoms with Crippen LogP contribution in [0.25, 0.3) is 16.5 Å². The lowest BCUT2D eigenvalue weighted by Gasteiger charge is -2.56. The van der Waals surface area contributed by atoms with Gasteiger partial charge in [0.1, 0.15) is 0 Å². The topological polar surface area (TPSA) is 52.3 Å². The molecular formula is C26H37N7O. The highest BCUT2D eigenvalue weighted by Gasteiger charge is 2.37. The fraction of sp³-hybridized carbons (Fsp3) is 0.577. The van der Waals surface area contributed by atoms with Crippen molar-refractivity contribution in [2.24, 2.45) is 5.92 Å². The first-order valence-electron chi connectivity index (χ1n) is 12.7. The summed E-state index contributed by atoms with van der Waals surface area (Å²) in [6.07, 6.45) is 5.41. The average molecular weight is 464 g/mol. The van der Waals surface area contributed by atoms with E-state index in [0.29, 0.717) is 6.04 Å². The SMILES string of the molecule is C1N2CN3CN1CN(C2)C3.CCN(CC)C(=O)[C@@H]1C=C2c3cccc4[nH]cc(c34)C[C@H]2N(C)C1. The second-order valence-corrected chi connectivity index (χ2v) is 10.5. The molecular weight excluding hydrogens is 426 g/mol. The van der Waals surface area contributed by atoms with Crippen molar-refractivity contribution < 1.29 is 4.79 Å². The Hall–Kier alpha value is -2.23. The van der Waals surface area contributed by atoms with Gasteiger partial charge in [0.25, 0.3) is 0 Å². The predicted octanol–water partition coefficient (Wildman–Crippen LogP) is 1.89. The van der Waals surface area contributed by atoms with Crippen LogP contribution in [-0.4, -0.2) is 113 Å². The lowest BCUT2D eigenvalue weighted by molar-refractivity contribution is -0.194. The number of benzene rings is 1. The van der Waals surface area contributed by atoms with Gasteiger partial charge in [-0.25, -0.2) is 0 Å². The van der Waals surface area contributed by atoms with Gasteiger partial charge in [-0.1, -0.05) is 18.2 Å². The van der Waals surface area contributed by atoms with E-state index in [4.69, 9.17) is 0 Å². The maximum absolute atomic E-state index is 12.9. The molecule has 2 aromatic rings. The fourth-order valence-electron chi connectivity index (χ4n) is 6.61. The molecule has 0 saturated carbocycles. The number of carbonyl (C=O) groups excluding carboxylic acids is 1. The second-order valence-electron chi connectivity index (χ2n) is 10.5. The zero-order valence-corrected chi connectivity index (χ0v) is 20.7. The molecule has 2 atom stereocenters. The molecule has 6 aliphatic rings. The monoisotopic (exact) mass is 463 g/mol. The van der Waals surface area contributed by atoms with Crippen molar-refractivity contribution >= 4 is 22.4 Å². The second kappa shape index (κ2) is 8.77. The standard InChI is InChI=1S/C20H25N3O.C6H12N4/c1-4-23(5-2)20(24)14-9-16-15-7-6-8-17-19(15)13(11-21-17)10-18(16)22(3)12-14;1-7-2-9-4-8(1)5-10(3-7)6-9/h6-9,11,14,18,21H,4-5,10,12H2,1-3H3;1-6H2/t14-,18-;/m1./s1. The van der Waals surface area contributed by atoms with Crippen molar-refractivity contribution in [3.8, 4) is 0 Å². The van der Waals surface area contributed by atoms with Crippen LogP contribution in [0.4, 0.5) is 0 Å². The lowest BCUT2D eigenvalue weighted by Crippen LogP contribution is -2.71. The maximum Gasteiger partial charge on any atom is 0.230 e. The summed E-state index contributed by atoms with van der Waals surface area (Å²) in [7, 11) is 2.15. The van der Waals surface area contributed by atoms with Gasteiger partial charge in [0.05, 0.1) is 45.9 Å². The molecule has 0 radical (unpaired) electrons. The third-order valence-corrected chi connectivity index (χ3v) is 8.06. The predicted molar refractivity (Wildman–Crippen MR) is 134 cm³/mol. The number of likely N-dealkylation sites (N-methyl/N-ethyl adjacent to an activating group) is 1. The van der Waals surface area contributed by atoms with Crippen LogP contribution in [-0.2, 0) is 11.2 Å². The first-order valence-corrected chi connectivity index (χ1v) is 12.7. The quantitative estimate of drug-likeness (QED) is 0.750. The summed E-state index contributed by atoms with van der Waals surface area (Å²) >= 11 is 0. The Bertz CT molecular complexity index is 1050. The minimum absolute atomic E-state index is 0.0445. The number of H-pyrrole nitrogens is 1. The van der Waals surface area contributed by atoms with Crippen LogP contribution in [0, 0.1) is 5.92 Å². The van der Waals surface area contributed by atoms with E-state index in [1.807, 2.05) is 4.90 Å². The Kier molecular flexibility index (Phi) is 5.74. The highest BCUT2D eigenvalue weighted by molar-refractivity contribution is 5.99. The van der Waals surface area contributed by atoms with Crippen LogP contribution in [0.3, 0.4) is 0 Å². The van der Waals surface area contributed by atoms with Gasteiger partial charge in [-0.15, -0.1) is 0 Å². The number of amides is 1. The average Bonchev–Trinajstić information content (AvgIpc) is 3.24. The summed E-state index contributed by atoms with van der Waals surface area (Å²) in [6, 6.07) is 6.82. The van der Waals surface area contributed by atoms with Crippen LogP contribution in [0.2, 0.25) is 0 Å². The molecule has 6 heterocycles. The molecule has 182 valence electrons. The fourth-order valence-corrected chi connectivity index (χ4v) is 6.61. The van der Waals surface area contributed by atoms with Gasteiger partial charge in [-0.2, -0.15) is 0 Å². The Morgan fingerprint density at radius 3 is 2.21 bits per heavy atom. The molecule has 1 aliphatic carbocycles. The van der Waals surface area contributed by atoms with E-state index in [2.05, 4.69) is 80.9 Å². The molecule has 8 rings (SSSR count). The highest BCUT2D eigenvalue weighted by Crippen LogP contribution is 2.40. The van der Waals surface area contributed by atoms with Crippen molar-refractivity contribution in [2.45, 2.75) is 26.3 Å². The molecule has 8 heteroatoms. The molecule has 1 aromatic heterocycles. The number of rotatable bonds is 3. The first-order chi connectivity index (χ1) is 16.5. The highest BCUT2D eigenvalue weighted by atomic mass is 16.2. The minimum atomic E-state index is -0.0445. The lowest BCUT2D eigenvalue weighted by atomic mass is 9.79. The molecule has 4 saturated heterocycles. The number of fused-ring (bicyclic) bond motifs is 2. The van der Waals surface area contributed by atoms with E-state index in [-0.39, 0.29) is 11.8 Å². The normalized spacial score (nSPS) is 33.2. The Balaban J connectivity index is 0.000000178. The van der Waals surface area contributed by atoms with Crippen LogP contribution >= 0.6 is 0 Å². The smallest absolute Gasteiger partial charge is 0.230 e. The van der Waals surface area contributed by atoms with Crippen molar-refractivity contribution in [1.82, 2.24) is 34.4 Å². The van der Waals surface area contributed by atoms with Crippen molar-refractivity contribution in [2.75, 3.05) is 66.7 Å². The first kappa shape index (κ1) is 22.2. The largest absolute Gasteiger partial charge is 0.361 e. The Morgan fingerprint density at radius 1 is 1.00 bits per heavy atom. The van der Waals surface area contributed by atoms with Crippen molar-refractivity contribution in [1.29, 1.82) is 0 Å². The molecule has 8 nitrogen and oxygen atoms in total. The summed E-state index contributed by atoms with van der Waals surface area (Å²) in [5.41, 5.74) is 5.21. The zero-order valence-electron chi connectivity index (χ0n) is 20.7. The minimum Gasteiger partial charge on any atom is -0.361 e. The molecule has 1 amide bonds. The van der Waals surface area contributed by atoms with Crippen LogP contribution < -0.4 is 0 Å². The molecule has 0 unspecified atom stereocenters. The number of aromatic nitrogens is 1. The Labute approximate surface area is 202 Å². The van der Waals surface area contributed by atoms with Crippen molar-refractivity contribution in [3.63, 3.8) is 0 Å². The number of hydrogen-bond donors (Lipinski definition) is 1. The van der Waals surface area contributed by atoms with E-state index in [9.17, 15) is 4.79 Å². The summed E-state index contributed by atoms with van der Waals surface area (Å²) in [4.78, 5) is 30.4.